The van der Waals surface area contributed by atoms with Gasteiger partial charge >= 0.3 is 0 Å². The number of rotatable bonds is 8. The number of amides is 2. The molecule has 1 N–H and O–H groups in total. The zero-order valence-corrected chi connectivity index (χ0v) is 25.3. The number of nitrogens with zero attached hydrogens (tertiary/aromatic N) is 1. The summed E-state index contributed by atoms with van der Waals surface area (Å²) in [6.45, 7) is 9.28. The molecule has 4 rings (SSSR count). The summed E-state index contributed by atoms with van der Waals surface area (Å²) in [6, 6.07) is 20.7. The van der Waals surface area contributed by atoms with E-state index in [1.165, 1.54) is 5.56 Å². The number of hydrazine groups is 1. The van der Waals surface area contributed by atoms with Gasteiger partial charge in [0.1, 0.15) is 6.61 Å². The Balaban J connectivity index is 1.51. The quantitative estimate of drug-likeness (QED) is 0.210. The van der Waals surface area contributed by atoms with Crippen LogP contribution in [0.25, 0.3) is 6.08 Å². The van der Waals surface area contributed by atoms with Crippen LogP contribution in [0.5, 0.6) is 11.5 Å². The Morgan fingerprint density at radius 3 is 2.41 bits per heavy atom. The molecule has 1 saturated heterocycles. The molecule has 0 bridgehead atoms. The Kier molecular flexibility index (Phi) is 9.15. The second kappa shape index (κ2) is 12.4. The molecular weight excluding hydrogens is 596 g/mol. The lowest BCUT2D eigenvalue weighted by Crippen LogP contribution is -2.44. The molecule has 3 aromatic rings. The highest BCUT2D eigenvalue weighted by molar-refractivity contribution is 9.10. The van der Waals surface area contributed by atoms with Gasteiger partial charge in [-0.1, -0.05) is 75.0 Å². The smallest absolute Gasteiger partial charge is 0.285 e. The van der Waals surface area contributed by atoms with Crippen LogP contribution in [0.15, 0.2) is 76.1 Å². The molecular formula is C30H29BrN2O4S2. The zero-order valence-electron chi connectivity index (χ0n) is 22.1. The highest BCUT2D eigenvalue weighted by Crippen LogP contribution is 2.39. The summed E-state index contributed by atoms with van der Waals surface area (Å²) < 4.78 is 13.0. The molecule has 0 spiro atoms. The molecule has 9 heteroatoms. The number of thiocarbonyl (C=S) groups is 1. The molecule has 0 atom stereocenters. The Hall–Kier alpha value is -3.14. The third-order valence-corrected chi connectivity index (χ3v) is 7.77. The largest absolute Gasteiger partial charge is 0.490 e. The maximum atomic E-state index is 13.1. The molecule has 202 valence electrons. The molecule has 2 amide bonds. The summed E-state index contributed by atoms with van der Waals surface area (Å²) in [5, 5.41) is 1.10. The molecule has 0 unspecified atom stereocenters. The summed E-state index contributed by atoms with van der Waals surface area (Å²) in [6.07, 6.45) is 1.72. The number of hydrogen-bond donors (Lipinski definition) is 1. The van der Waals surface area contributed by atoms with E-state index in [-0.39, 0.29) is 9.74 Å². The van der Waals surface area contributed by atoms with Crippen molar-refractivity contribution in [2.75, 3.05) is 6.61 Å². The van der Waals surface area contributed by atoms with Crippen molar-refractivity contribution in [1.29, 1.82) is 0 Å². The van der Waals surface area contributed by atoms with Crippen molar-refractivity contribution in [1.82, 2.24) is 10.4 Å². The maximum absolute atomic E-state index is 13.1. The molecule has 1 heterocycles. The Labute approximate surface area is 246 Å². The lowest BCUT2D eigenvalue weighted by atomic mass is 9.87. The van der Waals surface area contributed by atoms with Crippen LogP contribution in [0.2, 0.25) is 0 Å². The second-order valence-corrected chi connectivity index (χ2v) is 12.4. The summed E-state index contributed by atoms with van der Waals surface area (Å²) in [7, 11) is 0. The van der Waals surface area contributed by atoms with E-state index >= 15 is 0 Å². The third-order valence-electron chi connectivity index (χ3n) is 5.88. The average Bonchev–Trinajstić information content (AvgIpc) is 3.15. The number of benzene rings is 3. The minimum absolute atomic E-state index is 0.0855. The number of nitrogens with one attached hydrogen (secondary N) is 1. The first-order chi connectivity index (χ1) is 18.6. The van der Waals surface area contributed by atoms with E-state index in [9.17, 15) is 9.59 Å². The normalized spacial score (nSPS) is 14.6. The average molecular weight is 626 g/mol. The fourth-order valence-electron chi connectivity index (χ4n) is 3.80. The first-order valence-electron chi connectivity index (χ1n) is 12.4. The fraction of sp³-hybridized carbons (Fsp3) is 0.233. The van der Waals surface area contributed by atoms with Crippen LogP contribution in [-0.4, -0.2) is 27.8 Å². The van der Waals surface area contributed by atoms with Crippen molar-refractivity contribution in [3.05, 3.63) is 98.4 Å². The second-order valence-electron chi connectivity index (χ2n) is 9.82. The van der Waals surface area contributed by atoms with Gasteiger partial charge in [0.25, 0.3) is 11.8 Å². The van der Waals surface area contributed by atoms with Gasteiger partial charge in [-0.25, -0.2) is 0 Å². The van der Waals surface area contributed by atoms with Crippen LogP contribution in [0, 0.1) is 0 Å². The van der Waals surface area contributed by atoms with E-state index < -0.39 is 11.8 Å². The minimum atomic E-state index is -0.413. The highest BCUT2D eigenvalue weighted by atomic mass is 79.9. The zero-order chi connectivity index (χ0) is 28.2. The number of halogens is 1. The van der Waals surface area contributed by atoms with Crippen LogP contribution in [-0.2, 0) is 16.8 Å². The first kappa shape index (κ1) is 28.9. The van der Waals surface area contributed by atoms with Crippen LogP contribution in [0.3, 0.4) is 0 Å². The summed E-state index contributed by atoms with van der Waals surface area (Å²) >= 11 is 10.1. The van der Waals surface area contributed by atoms with Crippen molar-refractivity contribution in [3.63, 3.8) is 0 Å². The number of carbonyl (C=O) groups excluding carboxylic acids is 2. The summed E-state index contributed by atoms with van der Waals surface area (Å²) in [5.74, 6) is 0.320. The summed E-state index contributed by atoms with van der Waals surface area (Å²) in [4.78, 5) is 26.0. The topological polar surface area (TPSA) is 67.9 Å². The lowest BCUT2D eigenvalue weighted by Gasteiger charge is -2.19. The molecule has 6 nitrogen and oxygen atoms in total. The molecule has 3 aromatic carbocycles. The molecule has 1 fully saturated rings. The van der Waals surface area contributed by atoms with E-state index in [2.05, 4.69) is 66.4 Å². The third kappa shape index (κ3) is 7.09. The predicted octanol–water partition coefficient (Wildman–Crippen LogP) is 7.27. The van der Waals surface area contributed by atoms with Gasteiger partial charge < -0.3 is 9.47 Å². The molecule has 39 heavy (non-hydrogen) atoms. The highest BCUT2D eigenvalue weighted by Gasteiger charge is 2.34. The van der Waals surface area contributed by atoms with Gasteiger partial charge in [-0.2, -0.15) is 5.01 Å². The van der Waals surface area contributed by atoms with Crippen LogP contribution >= 0.6 is 39.9 Å². The van der Waals surface area contributed by atoms with E-state index in [4.69, 9.17) is 21.7 Å². The van der Waals surface area contributed by atoms with Gasteiger partial charge in [0.05, 0.1) is 16.0 Å². The molecule has 0 saturated carbocycles. The Morgan fingerprint density at radius 1 is 1.08 bits per heavy atom. The molecule has 0 aromatic heterocycles. The molecule has 0 radical (unpaired) electrons. The summed E-state index contributed by atoms with van der Waals surface area (Å²) in [5.41, 5.74) is 6.14. The van der Waals surface area contributed by atoms with Crippen molar-refractivity contribution in [2.45, 2.75) is 39.7 Å². The standard InChI is InChI=1S/C30H29BrN2O4S2/c1-5-36-24-16-20(15-23(31)26(24)37-18-19-11-13-22(14-12-19)30(2,3)4)17-25-28(35)33(29(38)39-25)32-27(34)21-9-7-6-8-10-21/h6-17H,5,18H2,1-4H3,(H,32,34)/b25-17+. The predicted molar refractivity (Wildman–Crippen MR) is 164 cm³/mol. The van der Waals surface area contributed by atoms with E-state index in [1.807, 2.05) is 25.1 Å². The van der Waals surface area contributed by atoms with Gasteiger partial charge in [0.2, 0.25) is 0 Å². The van der Waals surface area contributed by atoms with E-state index in [0.717, 1.165) is 27.9 Å². The van der Waals surface area contributed by atoms with Crippen LogP contribution < -0.4 is 14.9 Å². The van der Waals surface area contributed by atoms with Crippen LogP contribution in [0.4, 0.5) is 0 Å². The van der Waals surface area contributed by atoms with Gasteiger partial charge in [0, 0.05) is 5.56 Å². The Morgan fingerprint density at radius 2 is 1.77 bits per heavy atom. The lowest BCUT2D eigenvalue weighted by molar-refractivity contribution is -0.123. The Bertz CT molecular complexity index is 1420. The van der Waals surface area contributed by atoms with Gasteiger partial charge in [-0.05, 0) is 87.5 Å². The van der Waals surface area contributed by atoms with Gasteiger partial charge in [-0.3, -0.25) is 15.0 Å². The van der Waals surface area contributed by atoms with Crippen molar-refractivity contribution >= 4 is 62.1 Å². The van der Waals surface area contributed by atoms with Gasteiger partial charge in [-0.15, -0.1) is 0 Å². The number of thioether (sulfide) groups is 1. The number of hydrogen-bond acceptors (Lipinski definition) is 6. The maximum Gasteiger partial charge on any atom is 0.285 e. The van der Waals surface area contributed by atoms with E-state index in [0.29, 0.717) is 39.7 Å². The monoisotopic (exact) mass is 624 g/mol. The van der Waals surface area contributed by atoms with Crippen molar-refractivity contribution in [3.8, 4) is 11.5 Å². The van der Waals surface area contributed by atoms with Crippen LogP contribution in [0.1, 0.15) is 54.7 Å². The minimum Gasteiger partial charge on any atom is -0.490 e. The fourth-order valence-corrected chi connectivity index (χ4v) is 5.56. The van der Waals surface area contributed by atoms with Crippen molar-refractivity contribution < 1.29 is 19.1 Å². The SMILES string of the molecule is CCOc1cc(/C=C2/SC(=S)N(NC(=O)c3ccccc3)C2=O)cc(Br)c1OCc1ccc(C(C)(C)C)cc1. The molecule has 1 aliphatic rings. The number of carbonyl (C=O) groups is 2. The molecule has 1 aliphatic heterocycles. The number of ether oxygens (including phenoxy) is 2. The first-order valence-corrected chi connectivity index (χ1v) is 14.4. The van der Waals surface area contributed by atoms with E-state index in [1.54, 1.807) is 30.3 Å². The molecule has 0 aliphatic carbocycles. The van der Waals surface area contributed by atoms with Crippen molar-refractivity contribution in [2.24, 2.45) is 0 Å². The van der Waals surface area contributed by atoms with Gasteiger partial charge in [0.15, 0.2) is 15.8 Å².